The Morgan fingerprint density at radius 3 is 2.66 bits per heavy atom. The van der Waals surface area contributed by atoms with E-state index < -0.39 is 23.8 Å². The molecule has 1 aromatic carbocycles. The van der Waals surface area contributed by atoms with Gasteiger partial charge in [0.1, 0.15) is 17.1 Å². The Labute approximate surface area is 185 Å². The summed E-state index contributed by atoms with van der Waals surface area (Å²) >= 11 is 5.97. The summed E-state index contributed by atoms with van der Waals surface area (Å²) in [5, 5.41) is 11.5. The predicted molar refractivity (Wildman–Crippen MR) is 112 cm³/mol. The zero-order valence-electron chi connectivity index (χ0n) is 16.9. The molecule has 3 heterocycles. The van der Waals surface area contributed by atoms with Crippen molar-refractivity contribution in [3.05, 3.63) is 70.5 Å². The summed E-state index contributed by atoms with van der Waals surface area (Å²) in [7, 11) is 0. The Morgan fingerprint density at radius 1 is 1.25 bits per heavy atom. The van der Waals surface area contributed by atoms with E-state index in [4.69, 9.17) is 11.6 Å². The molecule has 0 saturated carbocycles. The number of aryl methyl sites for hydroxylation is 2. The summed E-state index contributed by atoms with van der Waals surface area (Å²) in [6.45, 7) is 2.67. The molecule has 0 aliphatic rings. The highest BCUT2D eigenvalue weighted by Gasteiger charge is 2.21. The molecule has 7 nitrogen and oxygen atoms in total. The van der Waals surface area contributed by atoms with Gasteiger partial charge in [-0.25, -0.2) is 22.7 Å². The molecular formula is C21H18ClF3N6O. The maximum absolute atomic E-state index is 13.6. The van der Waals surface area contributed by atoms with Gasteiger partial charge >= 0.3 is 0 Å². The summed E-state index contributed by atoms with van der Waals surface area (Å²) in [5.41, 5.74) is 0.993. The number of halogens is 4. The van der Waals surface area contributed by atoms with Crippen molar-refractivity contribution >= 4 is 23.2 Å². The van der Waals surface area contributed by atoms with E-state index in [-0.39, 0.29) is 16.9 Å². The number of hydrogen-bond acceptors (Lipinski definition) is 4. The normalized spacial score (nSPS) is 11.4. The highest BCUT2D eigenvalue weighted by atomic mass is 35.5. The maximum Gasteiger partial charge on any atom is 0.280 e. The lowest BCUT2D eigenvalue weighted by atomic mass is 10.1. The zero-order valence-corrected chi connectivity index (χ0v) is 17.7. The first-order chi connectivity index (χ1) is 15.3. The van der Waals surface area contributed by atoms with Crippen molar-refractivity contribution in [3.8, 4) is 11.3 Å². The largest absolute Gasteiger partial charge is 0.352 e. The number of aromatic nitrogens is 5. The van der Waals surface area contributed by atoms with Crippen molar-refractivity contribution in [1.82, 2.24) is 29.7 Å². The number of nitrogens with zero attached hydrogens (tertiary/aromatic N) is 5. The molecule has 4 rings (SSSR count). The molecule has 0 bridgehead atoms. The molecule has 0 aliphatic carbocycles. The van der Waals surface area contributed by atoms with Gasteiger partial charge < -0.3 is 5.32 Å². The smallest absolute Gasteiger partial charge is 0.280 e. The van der Waals surface area contributed by atoms with Crippen LogP contribution in [0, 0.1) is 12.7 Å². The first kappa shape index (κ1) is 21.8. The fourth-order valence-corrected chi connectivity index (χ4v) is 3.37. The SMILES string of the molecule is Cc1nn(CCCNC(=O)c2cnn3c(C(F)F)cc(-c4ccc(F)cc4)nc23)cc1Cl. The fraction of sp³-hybridized carbons (Fsp3) is 0.238. The molecular weight excluding hydrogens is 445 g/mol. The predicted octanol–water partition coefficient (Wildman–Crippen LogP) is 4.45. The molecule has 3 aromatic heterocycles. The minimum Gasteiger partial charge on any atom is -0.352 e. The molecule has 1 amide bonds. The van der Waals surface area contributed by atoms with Gasteiger partial charge in [0, 0.05) is 24.8 Å². The number of fused-ring (bicyclic) bond motifs is 1. The first-order valence-electron chi connectivity index (χ1n) is 9.74. The fourth-order valence-electron chi connectivity index (χ4n) is 3.22. The van der Waals surface area contributed by atoms with E-state index in [2.05, 4.69) is 20.5 Å². The summed E-state index contributed by atoms with van der Waals surface area (Å²) in [5.74, 6) is -0.945. The maximum atomic E-state index is 13.6. The molecule has 166 valence electrons. The lowest BCUT2D eigenvalue weighted by molar-refractivity contribution is 0.0953. The van der Waals surface area contributed by atoms with Crippen LogP contribution in [0.5, 0.6) is 0 Å². The van der Waals surface area contributed by atoms with E-state index >= 15 is 0 Å². The quantitative estimate of drug-likeness (QED) is 0.412. The third-order valence-corrected chi connectivity index (χ3v) is 5.21. The van der Waals surface area contributed by atoms with Gasteiger partial charge in [0.25, 0.3) is 12.3 Å². The minimum absolute atomic E-state index is 0.00546. The van der Waals surface area contributed by atoms with Crippen LogP contribution in [-0.4, -0.2) is 36.8 Å². The molecule has 32 heavy (non-hydrogen) atoms. The van der Waals surface area contributed by atoms with Crippen LogP contribution in [0.2, 0.25) is 5.02 Å². The highest BCUT2D eigenvalue weighted by molar-refractivity contribution is 6.31. The van der Waals surface area contributed by atoms with E-state index in [9.17, 15) is 18.0 Å². The number of alkyl halides is 2. The van der Waals surface area contributed by atoms with E-state index in [1.165, 1.54) is 36.5 Å². The molecule has 0 radical (unpaired) electrons. The Kier molecular flexibility index (Phi) is 6.13. The van der Waals surface area contributed by atoms with Crippen LogP contribution in [0.25, 0.3) is 16.9 Å². The van der Waals surface area contributed by atoms with Crippen LogP contribution in [0.4, 0.5) is 13.2 Å². The van der Waals surface area contributed by atoms with Crippen molar-refractivity contribution < 1.29 is 18.0 Å². The number of carbonyl (C=O) groups excluding carboxylic acids is 1. The van der Waals surface area contributed by atoms with Gasteiger partial charge in [-0.05, 0) is 43.7 Å². The Bertz CT molecular complexity index is 1250. The number of amides is 1. The van der Waals surface area contributed by atoms with E-state index in [1.54, 1.807) is 17.8 Å². The molecule has 0 spiro atoms. The number of rotatable bonds is 7. The second kappa shape index (κ2) is 8.99. The van der Waals surface area contributed by atoms with Gasteiger partial charge in [-0.3, -0.25) is 9.48 Å². The molecule has 1 N–H and O–H groups in total. The van der Waals surface area contributed by atoms with Crippen LogP contribution >= 0.6 is 11.6 Å². The molecule has 0 fully saturated rings. The van der Waals surface area contributed by atoms with Gasteiger partial charge in [0.15, 0.2) is 5.65 Å². The lowest BCUT2D eigenvalue weighted by Gasteiger charge is -2.09. The van der Waals surface area contributed by atoms with E-state index in [1.807, 2.05) is 0 Å². The van der Waals surface area contributed by atoms with Crippen LogP contribution in [-0.2, 0) is 6.54 Å². The van der Waals surface area contributed by atoms with Crippen LogP contribution < -0.4 is 5.32 Å². The summed E-state index contributed by atoms with van der Waals surface area (Å²) in [6, 6.07) is 6.46. The Hall–Kier alpha value is -3.40. The third kappa shape index (κ3) is 4.45. The molecule has 0 atom stereocenters. The van der Waals surface area contributed by atoms with Gasteiger partial charge in [-0.1, -0.05) is 11.6 Å². The molecule has 4 aromatic rings. The highest BCUT2D eigenvalue weighted by Crippen LogP contribution is 2.27. The average molecular weight is 463 g/mol. The van der Waals surface area contributed by atoms with Gasteiger partial charge in [0.05, 0.1) is 22.6 Å². The summed E-state index contributed by atoms with van der Waals surface area (Å²) in [6.07, 6.45) is 0.643. The van der Waals surface area contributed by atoms with E-state index in [0.29, 0.717) is 30.1 Å². The van der Waals surface area contributed by atoms with Crippen LogP contribution in [0.3, 0.4) is 0 Å². The average Bonchev–Trinajstić information content (AvgIpc) is 3.33. The van der Waals surface area contributed by atoms with Crippen molar-refractivity contribution in [1.29, 1.82) is 0 Å². The zero-order chi connectivity index (χ0) is 22.8. The minimum atomic E-state index is -2.85. The van der Waals surface area contributed by atoms with Gasteiger partial charge in [-0.15, -0.1) is 0 Å². The van der Waals surface area contributed by atoms with Gasteiger partial charge in [0.2, 0.25) is 0 Å². The van der Waals surface area contributed by atoms with Crippen molar-refractivity contribution in [2.75, 3.05) is 6.54 Å². The van der Waals surface area contributed by atoms with E-state index in [0.717, 1.165) is 10.2 Å². The summed E-state index contributed by atoms with van der Waals surface area (Å²) in [4.78, 5) is 17.0. The number of benzene rings is 1. The molecule has 0 aliphatic heterocycles. The second-order valence-electron chi connectivity index (χ2n) is 7.10. The second-order valence-corrected chi connectivity index (χ2v) is 7.51. The van der Waals surface area contributed by atoms with Crippen molar-refractivity contribution in [2.24, 2.45) is 0 Å². The first-order valence-corrected chi connectivity index (χ1v) is 10.1. The monoisotopic (exact) mass is 462 g/mol. The molecule has 0 saturated heterocycles. The van der Waals surface area contributed by atoms with Crippen molar-refractivity contribution in [3.63, 3.8) is 0 Å². The lowest BCUT2D eigenvalue weighted by Crippen LogP contribution is -2.25. The Morgan fingerprint density at radius 2 is 2.00 bits per heavy atom. The number of hydrogen-bond donors (Lipinski definition) is 1. The topological polar surface area (TPSA) is 77.1 Å². The molecule has 0 unspecified atom stereocenters. The molecule has 11 heteroatoms. The number of nitrogens with one attached hydrogen (secondary N) is 1. The van der Waals surface area contributed by atoms with Crippen LogP contribution in [0.1, 0.15) is 34.6 Å². The summed E-state index contributed by atoms with van der Waals surface area (Å²) < 4.78 is 43.2. The number of carbonyl (C=O) groups is 1. The van der Waals surface area contributed by atoms with Crippen molar-refractivity contribution in [2.45, 2.75) is 26.3 Å². The van der Waals surface area contributed by atoms with Gasteiger partial charge in [-0.2, -0.15) is 10.2 Å². The Balaban J connectivity index is 1.55. The third-order valence-electron chi connectivity index (χ3n) is 4.84. The van der Waals surface area contributed by atoms with Crippen LogP contribution in [0.15, 0.2) is 42.7 Å². The standard InChI is InChI=1S/C21H18ClF3N6O/c1-12-16(22)11-30(29-12)8-2-7-26-21(32)15-10-27-31-18(19(24)25)9-17(28-20(15)31)13-3-5-14(23)6-4-13/h3-6,9-11,19H,2,7-8H2,1H3,(H,26,32).